The van der Waals surface area contributed by atoms with Crippen molar-refractivity contribution in [1.29, 1.82) is 0 Å². The molecule has 2 heterocycles. The van der Waals surface area contributed by atoms with Crippen molar-refractivity contribution < 1.29 is 19.1 Å². The normalized spacial score (nSPS) is 15.6. The zero-order valence-corrected chi connectivity index (χ0v) is 12.9. The van der Waals surface area contributed by atoms with Gasteiger partial charge in [0.1, 0.15) is 5.00 Å². The predicted molar refractivity (Wildman–Crippen MR) is 79.3 cm³/mol. The van der Waals surface area contributed by atoms with Gasteiger partial charge in [0.15, 0.2) is 0 Å². The lowest BCUT2D eigenvalue weighted by molar-refractivity contribution is -0.132. The first-order valence-corrected chi connectivity index (χ1v) is 7.63. The lowest BCUT2D eigenvalue weighted by Crippen LogP contribution is -2.40. The van der Waals surface area contributed by atoms with E-state index in [0.717, 1.165) is 0 Å². The van der Waals surface area contributed by atoms with Crippen LogP contribution in [0.5, 0.6) is 0 Å². The molecular formula is C14H18N2O4S. The highest BCUT2D eigenvalue weighted by atomic mass is 32.1. The predicted octanol–water partition coefficient (Wildman–Crippen LogP) is 1.73. The summed E-state index contributed by atoms with van der Waals surface area (Å²) in [5.41, 5.74) is 0.372. The summed E-state index contributed by atoms with van der Waals surface area (Å²) >= 11 is 1.29. The lowest BCUT2D eigenvalue weighted by Gasteiger charge is -2.30. The number of nitrogens with zero attached hydrogens (tertiary/aromatic N) is 1. The number of ether oxygens (including phenoxy) is 1. The molecule has 1 aromatic rings. The number of hydrogen-bond acceptors (Lipinski definition) is 5. The molecule has 1 N–H and O–H groups in total. The maximum Gasteiger partial charge on any atom is 0.340 e. The molecule has 2 rings (SSSR count). The standard InChI is InChI=1S/C14H18N2O4S/c1-9(17)16-6-3-10(4-7-16)12(18)15-13-11(5-8-21-13)14(19)20-2/h5,8,10H,3-4,6-7H2,1-2H3,(H,15,18). The van der Waals surface area contributed by atoms with Crippen LogP contribution in [0.4, 0.5) is 5.00 Å². The Kier molecular flexibility index (Phi) is 4.95. The number of anilines is 1. The van der Waals surface area contributed by atoms with Crippen molar-refractivity contribution in [3.63, 3.8) is 0 Å². The van der Waals surface area contributed by atoms with Crippen molar-refractivity contribution in [3.05, 3.63) is 17.0 Å². The van der Waals surface area contributed by atoms with Crippen molar-refractivity contribution in [2.45, 2.75) is 19.8 Å². The quantitative estimate of drug-likeness (QED) is 0.863. The van der Waals surface area contributed by atoms with E-state index in [4.69, 9.17) is 0 Å². The number of rotatable bonds is 3. The van der Waals surface area contributed by atoms with Crippen molar-refractivity contribution in [1.82, 2.24) is 4.90 Å². The molecule has 1 aliphatic rings. The molecule has 1 fully saturated rings. The third-order valence-corrected chi connectivity index (χ3v) is 4.45. The number of likely N-dealkylation sites (tertiary alicyclic amines) is 1. The Labute approximate surface area is 127 Å². The molecule has 0 saturated carbocycles. The van der Waals surface area contributed by atoms with E-state index in [2.05, 4.69) is 10.1 Å². The number of nitrogens with one attached hydrogen (secondary N) is 1. The first-order chi connectivity index (χ1) is 10.0. The smallest absolute Gasteiger partial charge is 0.340 e. The molecule has 0 radical (unpaired) electrons. The third kappa shape index (κ3) is 3.60. The number of amides is 2. The van der Waals surface area contributed by atoms with E-state index in [9.17, 15) is 14.4 Å². The summed E-state index contributed by atoms with van der Waals surface area (Å²) in [5.74, 6) is -0.656. The van der Waals surface area contributed by atoms with Gasteiger partial charge < -0.3 is 15.0 Å². The second-order valence-electron chi connectivity index (χ2n) is 4.92. The van der Waals surface area contributed by atoms with Gasteiger partial charge in [-0.15, -0.1) is 11.3 Å². The molecule has 2 amide bonds. The molecule has 0 aromatic carbocycles. The second kappa shape index (κ2) is 6.71. The van der Waals surface area contributed by atoms with Crippen molar-refractivity contribution in [3.8, 4) is 0 Å². The van der Waals surface area contributed by atoms with Crippen LogP contribution in [-0.2, 0) is 14.3 Å². The summed E-state index contributed by atoms with van der Waals surface area (Å²) < 4.78 is 4.68. The highest BCUT2D eigenvalue weighted by molar-refractivity contribution is 7.14. The number of esters is 1. The molecule has 0 unspecified atom stereocenters. The molecule has 7 heteroatoms. The van der Waals surface area contributed by atoms with Crippen LogP contribution in [0.2, 0.25) is 0 Å². The molecule has 0 aliphatic carbocycles. The van der Waals surface area contributed by atoms with Gasteiger partial charge >= 0.3 is 5.97 Å². The molecule has 6 nitrogen and oxygen atoms in total. The van der Waals surface area contributed by atoms with E-state index in [1.807, 2.05) is 0 Å². The first-order valence-electron chi connectivity index (χ1n) is 6.75. The molecule has 1 aromatic heterocycles. The Morgan fingerprint density at radius 3 is 2.57 bits per heavy atom. The van der Waals surface area contributed by atoms with Crippen LogP contribution in [0.1, 0.15) is 30.1 Å². The number of hydrogen-bond donors (Lipinski definition) is 1. The number of methoxy groups -OCH3 is 1. The summed E-state index contributed by atoms with van der Waals surface area (Å²) in [6, 6.07) is 1.63. The summed E-state index contributed by atoms with van der Waals surface area (Å²) in [6.07, 6.45) is 1.29. The van der Waals surface area contributed by atoms with E-state index in [0.29, 0.717) is 36.5 Å². The summed E-state index contributed by atoms with van der Waals surface area (Å²) in [4.78, 5) is 36.8. The minimum Gasteiger partial charge on any atom is -0.465 e. The van der Waals surface area contributed by atoms with Crippen LogP contribution in [0, 0.1) is 5.92 Å². The van der Waals surface area contributed by atoms with Crippen molar-refractivity contribution >= 4 is 34.1 Å². The van der Waals surface area contributed by atoms with Gasteiger partial charge in [-0.1, -0.05) is 0 Å². The zero-order chi connectivity index (χ0) is 15.4. The number of carbonyl (C=O) groups is 3. The average molecular weight is 310 g/mol. The van der Waals surface area contributed by atoms with E-state index in [1.165, 1.54) is 25.4 Å². The molecular weight excluding hydrogens is 292 g/mol. The average Bonchev–Trinajstić information content (AvgIpc) is 2.94. The Morgan fingerprint density at radius 1 is 1.33 bits per heavy atom. The van der Waals surface area contributed by atoms with Crippen LogP contribution < -0.4 is 5.32 Å². The first kappa shape index (κ1) is 15.5. The second-order valence-corrected chi connectivity index (χ2v) is 5.84. The summed E-state index contributed by atoms with van der Waals surface area (Å²) in [5, 5.41) is 5.05. The van der Waals surface area contributed by atoms with Gasteiger partial charge in [-0.25, -0.2) is 4.79 Å². The molecule has 114 valence electrons. The molecule has 21 heavy (non-hydrogen) atoms. The SMILES string of the molecule is COC(=O)c1ccsc1NC(=O)C1CCN(C(C)=O)CC1. The topological polar surface area (TPSA) is 75.7 Å². The van der Waals surface area contributed by atoms with Crippen LogP contribution in [0.15, 0.2) is 11.4 Å². The molecule has 1 saturated heterocycles. The van der Waals surface area contributed by atoms with Crippen LogP contribution in [-0.4, -0.2) is 42.9 Å². The minimum atomic E-state index is -0.460. The largest absolute Gasteiger partial charge is 0.465 e. The Bertz CT molecular complexity index is 547. The monoisotopic (exact) mass is 310 g/mol. The van der Waals surface area contributed by atoms with Crippen LogP contribution >= 0.6 is 11.3 Å². The molecule has 0 spiro atoms. The van der Waals surface area contributed by atoms with E-state index in [-0.39, 0.29) is 17.7 Å². The van der Waals surface area contributed by atoms with Gasteiger partial charge in [-0.3, -0.25) is 9.59 Å². The van der Waals surface area contributed by atoms with Crippen molar-refractivity contribution in [2.24, 2.45) is 5.92 Å². The van der Waals surface area contributed by atoms with Gasteiger partial charge in [0.05, 0.1) is 12.7 Å². The van der Waals surface area contributed by atoms with Gasteiger partial charge in [0, 0.05) is 25.9 Å². The summed E-state index contributed by atoms with van der Waals surface area (Å²) in [7, 11) is 1.31. The minimum absolute atomic E-state index is 0.0418. The number of thiophene rings is 1. The Morgan fingerprint density at radius 2 is 2.00 bits per heavy atom. The summed E-state index contributed by atoms with van der Waals surface area (Å²) in [6.45, 7) is 2.73. The molecule has 1 aliphatic heterocycles. The maximum absolute atomic E-state index is 12.2. The molecule has 0 atom stereocenters. The fourth-order valence-electron chi connectivity index (χ4n) is 2.35. The maximum atomic E-state index is 12.2. The zero-order valence-electron chi connectivity index (χ0n) is 12.0. The fourth-order valence-corrected chi connectivity index (χ4v) is 3.13. The Hall–Kier alpha value is -1.89. The Balaban J connectivity index is 1.95. The molecule has 0 bridgehead atoms. The van der Waals surface area contributed by atoms with Crippen LogP contribution in [0.3, 0.4) is 0 Å². The lowest BCUT2D eigenvalue weighted by atomic mass is 9.96. The van der Waals surface area contributed by atoms with Gasteiger partial charge in [-0.2, -0.15) is 0 Å². The van der Waals surface area contributed by atoms with Crippen molar-refractivity contribution in [2.75, 3.05) is 25.5 Å². The van der Waals surface area contributed by atoms with Gasteiger partial charge in [0.25, 0.3) is 0 Å². The van der Waals surface area contributed by atoms with Gasteiger partial charge in [-0.05, 0) is 24.3 Å². The number of piperidine rings is 1. The van der Waals surface area contributed by atoms with E-state index < -0.39 is 5.97 Å². The van der Waals surface area contributed by atoms with Gasteiger partial charge in [0.2, 0.25) is 11.8 Å². The third-order valence-electron chi connectivity index (χ3n) is 3.62. The highest BCUT2D eigenvalue weighted by Crippen LogP contribution is 2.26. The van der Waals surface area contributed by atoms with Crippen LogP contribution in [0.25, 0.3) is 0 Å². The number of carbonyl (C=O) groups excluding carboxylic acids is 3. The van der Waals surface area contributed by atoms with E-state index in [1.54, 1.807) is 16.3 Å². The highest BCUT2D eigenvalue weighted by Gasteiger charge is 2.27. The fraction of sp³-hybridized carbons (Fsp3) is 0.500. The van der Waals surface area contributed by atoms with E-state index >= 15 is 0 Å².